The number of fused-ring (bicyclic) bond motifs is 1. The predicted octanol–water partition coefficient (Wildman–Crippen LogP) is -2.09. The van der Waals surface area contributed by atoms with Crippen LogP contribution in [0.5, 0.6) is 0 Å². The van der Waals surface area contributed by atoms with Crippen molar-refractivity contribution in [1.29, 1.82) is 0 Å². The molecule has 66 valence electrons. The van der Waals surface area contributed by atoms with Crippen molar-refractivity contribution in [1.82, 2.24) is 24.8 Å². The van der Waals surface area contributed by atoms with Gasteiger partial charge in [0.2, 0.25) is 0 Å². The van der Waals surface area contributed by atoms with Crippen LogP contribution in [0.25, 0.3) is 5.65 Å². The first kappa shape index (κ1) is 7.40. The fourth-order valence-corrected chi connectivity index (χ4v) is 0.929. The Morgan fingerprint density at radius 1 is 1.62 bits per heavy atom. The number of nitrogens with one attached hydrogen (secondary N) is 1. The zero-order chi connectivity index (χ0) is 9.42. The van der Waals surface area contributed by atoms with Gasteiger partial charge >= 0.3 is 5.69 Å². The van der Waals surface area contributed by atoms with Crippen LogP contribution in [0.2, 0.25) is 0 Å². The number of carbonyl (C=O) groups is 1. The van der Waals surface area contributed by atoms with Gasteiger partial charge in [0.25, 0.3) is 5.91 Å². The van der Waals surface area contributed by atoms with Gasteiger partial charge in [0.15, 0.2) is 11.3 Å². The molecule has 13 heavy (non-hydrogen) atoms. The zero-order valence-corrected chi connectivity index (χ0v) is 6.26. The minimum Gasteiger partial charge on any atom is -0.364 e. The van der Waals surface area contributed by atoms with Crippen LogP contribution in [0.1, 0.15) is 10.5 Å². The largest absolute Gasteiger partial charge is 0.364 e. The van der Waals surface area contributed by atoms with Crippen LogP contribution < -0.4 is 11.4 Å². The van der Waals surface area contributed by atoms with Crippen molar-refractivity contribution in [3.63, 3.8) is 0 Å². The maximum atomic E-state index is 11.0. The topological polar surface area (TPSA) is 119 Å². The van der Waals surface area contributed by atoms with Crippen LogP contribution in [0, 0.1) is 0 Å². The van der Waals surface area contributed by atoms with Gasteiger partial charge in [-0.2, -0.15) is 0 Å². The molecule has 0 unspecified atom stereocenters. The van der Waals surface area contributed by atoms with Crippen molar-refractivity contribution in [3.8, 4) is 0 Å². The molecule has 0 aliphatic heterocycles. The third-order valence-corrected chi connectivity index (χ3v) is 1.48. The van der Waals surface area contributed by atoms with Gasteiger partial charge in [-0.25, -0.2) is 19.3 Å². The number of carbonyl (C=O) groups excluding carboxylic acids is 1. The quantitative estimate of drug-likeness (QED) is 0.521. The Morgan fingerprint density at radius 3 is 3.08 bits per heavy atom. The SMILES string of the molecule is NC(=O)c1ncn2c(=O)[nH]nnc12. The van der Waals surface area contributed by atoms with Gasteiger partial charge in [-0.05, 0) is 0 Å². The Kier molecular flexibility index (Phi) is 1.35. The Bertz CT molecular complexity index is 525. The van der Waals surface area contributed by atoms with E-state index in [0.29, 0.717) is 0 Å². The van der Waals surface area contributed by atoms with E-state index in [1.54, 1.807) is 0 Å². The number of nitrogens with two attached hydrogens (primary N) is 1. The molecule has 0 saturated carbocycles. The molecule has 2 aromatic rings. The maximum absolute atomic E-state index is 11.0. The van der Waals surface area contributed by atoms with Gasteiger partial charge in [-0.1, -0.05) is 5.21 Å². The number of primary amides is 1. The number of aromatic nitrogens is 5. The monoisotopic (exact) mass is 180 g/mol. The third-order valence-electron chi connectivity index (χ3n) is 1.48. The average molecular weight is 180 g/mol. The van der Waals surface area contributed by atoms with Gasteiger partial charge in [-0.15, -0.1) is 5.10 Å². The van der Waals surface area contributed by atoms with Gasteiger partial charge in [-0.3, -0.25) is 4.79 Å². The summed E-state index contributed by atoms with van der Waals surface area (Å²) in [6, 6.07) is 0. The molecule has 8 heteroatoms. The molecule has 0 atom stereocenters. The molecule has 8 nitrogen and oxygen atoms in total. The molecule has 2 rings (SSSR count). The normalized spacial score (nSPS) is 10.5. The van der Waals surface area contributed by atoms with Crippen molar-refractivity contribution in [2.75, 3.05) is 0 Å². The first-order valence-corrected chi connectivity index (χ1v) is 3.28. The molecule has 0 aliphatic carbocycles. The molecule has 3 N–H and O–H groups in total. The van der Waals surface area contributed by atoms with Crippen LogP contribution in [-0.4, -0.2) is 30.7 Å². The standard InChI is InChI=1S/C5H4N6O2/c6-3(12)2-4-8-10-9-5(13)11(4)1-7-2/h1H,(H2,6,12)(H,8,9,13). The molecule has 0 spiro atoms. The predicted molar refractivity (Wildman–Crippen MR) is 39.9 cm³/mol. The van der Waals surface area contributed by atoms with E-state index in [-0.39, 0.29) is 11.3 Å². The lowest BCUT2D eigenvalue weighted by Gasteiger charge is -1.89. The Labute approximate surface area is 70.4 Å². The number of rotatable bonds is 1. The van der Waals surface area contributed by atoms with E-state index in [1.165, 1.54) is 0 Å². The molecule has 0 bridgehead atoms. The smallest absolute Gasteiger partial charge is 0.350 e. The van der Waals surface area contributed by atoms with E-state index < -0.39 is 11.6 Å². The van der Waals surface area contributed by atoms with Crippen molar-refractivity contribution < 1.29 is 4.79 Å². The highest BCUT2D eigenvalue weighted by Gasteiger charge is 2.12. The third kappa shape index (κ3) is 0.956. The molecule has 0 fully saturated rings. The Hall–Kier alpha value is -2.25. The molecular formula is C5H4N6O2. The number of hydrogen-bond acceptors (Lipinski definition) is 5. The second-order valence-corrected chi connectivity index (χ2v) is 2.27. The summed E-state index contributed by atoms with van der Waals surface area (Å²) in [4.78, 5) is 25.4. The fourth-order valence-electron chi connectivity index (χ4n) is 0.929. The summed E-state index contributed by atoms with van der Waals surface area (Å²) in [5.74, 6) is -0.748. The van der Waals surface area contributed by atoms with Crippen LogP contribution in [0.3, 0.4) is 0 Å². The minimum absolute atomic E-state index is 0.0521. The second-order valence-electron chi connectivity index (χ2n) is 2.27. The van der Waals surface area contributed by atoms with Crippen LogP contribution in [-0.2, 0) is 0 Å². The first-order valence-electron chi connectivity index (χ1n) is 3.28. The molecule has 0 saturated heterocycles. The van der Waals surface area contributed by atoms with Gasteiger partial charge < -0.3 is 5.73 Å². The molecule has 0 aliphatic rings. The summed E-state index contributed by atoms with van der Waals surface area (Å²) in [5.41, 5.74) is 4.44. The highest BCUT2D eigenvalue weighted by molar-refractivity contribution is 5.96. The van der Waals surface area contributed by atoms with Gasteiger partial charge in [0.1, 0.15) is 6.33 Å². The average Bonchev–Trinajstić information content (AvgIpc) is 2.48. The zero-order valence-electron chi connectivity index (χ0n) is 6.26. The Balaban J connectivity index is 2.91. The van der Waals surface area contributed by atoms with Crippen LogP contribution >= 0.6 is 0 Å². The lowest BCUT2D eigenvalue weighted by atomic mass is 10.4. The number of amides is 1. The van der Waals surface area contributed by atoms with E-state index in [9.17, 15) is 9.59 Å². The second kappa shape index (κ2) is 2.37. The summed E-state index contributed by atoms with van der Waals surface area (Å²) in [7, 11) is 0. The summed E-state index contributed by atoms with van der Waals surface area (Å²) in [5, 5.41) is 8.87. The van der Waals surface area contributed by atoms with E-state index in [4.69, 9.17) is 5.73 Å². The van der Waals surface area contributed by atoms with Crippen molar-refractivity contribution in [3.05, 3.63) is 22.5 Å². The summed E-state index contributed by atoms with van der Waals surface area (Å²) in [6.45, 7) is 0. The van der Waals surface area contributed by atoms with Crippen molar-refractivity contribution in [2.24, 2.45) is 5.73 Å². The lowest BCUT2D eigenvalue weighted by Crippen LogP contribution is -2.19. The van der Waals surface area contributed by atoms with E-state index in [1.807, 2.05) is 0 Å². The van der Waals surface area contributed by atoms with Crippen LogP contribution in [0.4, 0.5) is 0 Å². The van der Waals surface area contributed by atoms with E-state index in [2.05, 4.69) is 20.4 Å². The number of H-pyrrole nitrogens is 1. The highest BCUT2D eigenvalue weighted by Crippen LogP contribution is 1.99. The molecule has 2 heterocycles. The first-order chi connectivity index (χ1) is 6.20. The van der Waals surface area contributed by atoms with Crippen molar-refractivity contribution >= 4 is 11.6 Å². The number of hydrogen-bond donors (Lipinski definition) is 2. The van der Waals surface area contributed by atoms with E-state index in [0.717, 1.165) is 10.7 Å². The summed E-state index contributed by atoms with van der Waals surface area (Å²) < 4.78 is 1.05. The lowest BCUT2D eigenvalue weighted by molar-refractivity contribution is 0.0997. The fraction of sp³-hybridized carbons (Fsp3) is 0. The molecule has 0 aromatic carbocycles. The number of nitrogens with zero attached hydrogens (tertiary/aromatic N) is 4. The Morgan fingerprint density at radius 2 is 2.38 bits per heavy atom. The number of aromatic amines is 1. The summed E-state index contributed by atoms with van der Waals surface area (Å²) >= 11 is 0. The molecule has 2 aromatic heterocycles. The van der Waals surface area contributed by atoms with Crippen molar-refractivity contribution in [2.45, 2.75) is 0 Å². The summed E-state index contributed by atoms with van der Waals surface area (Å²) in [6.07, 6.45) is 1.16. The van der Waals surface area contributed by atoms with E-state index >= 15 is 0 Å². The molecular weight excluding hydrogens is 176 g/mol. The van der Waals surface area contributed by atoms with Gasteiger partial charge in [0, 0.05) is 0 Å². The number of imidazole rings is 1. The minimum atomic E-state index is -0.748. The van der Waals surface area contributed by atoms with Crippen LogP contribution in [0.15, 0.2) is 11.1 Å². The van der Waals surface area contributed by atoms with Gasteiger partial charge in [0.05, 0.1) is 0 Å². The highest BCUT2D eigenvalue weighted by atomic mass is 16.2. The molecule has 1 amide bonds. The maximum Gasteiger partial charge on any atom is 0.350 e. The molecule has 0 radical (unpaired) electrons.